The monoisotopic (exact) mass is 497 g/mol. The Morgan fingerprint density at radius 3 is 2.71 bits per heavy atom. The third-order valence-electron chi connectivity index (χ3n) is 12.0. The topological polar surface area (TPSA) is 40.5 Å². The van der Waals surface area contributed by atoms with E-state index in [4.69, 9.17) is 11.6 Å². The standard InChI is InChI=1S/C31H44ClNO2/c1-30-16-13-27-25(9-6-22-19-24(34)12-15-31(22,27)2)26(30)10-7-21(30)4-3-5-29(35)33-17-14-20-18-23(32)8-11-28(20)33/h8,11,18,21-22,24-27,34H,3-7,9-10,12-17,19H2,1-2H3/t21-,22?,24+,25?,26?,27?,30?,31?/m0/s1. The first-order valence-corrected chi connectivity index (χ1v) is 14.9. The van der Waals surface area contributed by atoms with Crippen LogP contribution in [0.3, 0.4) is 0 Å². The lowest BCUT2D eigenvalue weighted by Gasteiger charge is -2.61. The first kappa shape index (κ1) is 24.3. The van der Waals surface area contributed by atoms with Crippen molar-refractivity contribution in [1.29, 1.82) is 0 Å². The van der Waals surface area contributed by atoms with Crippen molar-refractivity contribution >= 4 is 23.2 Å². The highest BCUT2D eigenvalue weighted by atomic mass is 35.5. The molecule has 35 heavy (non-hydrogen) atoms. The fourth-order valence-corrected chi connectivity index (χ4v) is 10.3. The number of rotatable bonds is 4. The second-order valence-corrected chi connectivity index (χ2v) is 13.8. The zero-order chi connectivity index (χ0) is 24.4. The minimum absolute atomic E-state index is 0.0520. The normalized spacial score (nSPS) is 42.2. The number of aliphatic hydroxyl groups is 1. The number of halogens is 1. The number of nitrogens with zero attached hydrogens (tertiary/aromatic N) is 1. The van der Waals surface area contributed by atoms with Crippen LogP contribution in [-0.4, -0.2) is 23.7 Å². The fraction of sp³-hybridized carbons (Fsp3) is 0.774. The Balaban J connectivity index is 1.07. The highest BCUT2D eigenvalue weighted by molar-refractivity contribution is 6.30. The number of amides is 1. The third-order valence-corrected chi connectivity index (χ3v) is 12.3. The molecule has 0 aromatic heterocycles. The second-order valence-electron chi connectivity index (χ2n) is 13.4. The maximum Gasteiger partial charge on any atom is 0.226 e. The van der Waals surface area contributed by atoms with Gasteiger partial charge in [-0.15, -0.1) is 0 Å². The molecule has 1 aromatic carbocycles. The van der Waals surface area contributed by atoms with Crippen molar-refractivity contribution in [2.24, 2.45) is 40.4 Å². The van der Waals surface area contributed by atoms with E-state index in [9.17, 15) is 9.90 Å². The first-order chi connectivity index (χ1) is 16.8. The van der Waals surface area contributed by atoms with Crippen molar-refractivity contribution < 1.29 is 9.90 Å². The molecule has 6 unspecified atom stereocenters. The molecule has 4 heteroatoms. The molecule has 1 N–H and O–H groups in total. The Bertz CT molecular complexity index is 979. The van der Waals surface area contributed by atoms with Gasteiger partial charge in [0.25, 0.3) is 0 Å². The summed E-state index contributed by atoms with van der Waals surface area (Å²) in [6.07, 6.45) is 15.3. The zero-order valence-corrected chi connectivity index (χ0v) is 22.5. The van der Waals surface area contributed by atoms with Crippen LogP contribution in [0.25, 0.3) is 0 Å². The Labute approximate surface area is 217 Å². The largest absolute Gasteiger partial charge is 0.393 e. The highest BCUT2D eigenvalue weighted by Crippen LogP contribution is 2.67. The van der Waals surface area contributed by atoms with Gasteiger partial charge in [-0.05, 0) is 141 Å². The molecule has 4 fully saturated rings. The molecule has 0 bridgehead atoms. The summed E-state index contributed by atoms with van der Waals surface area (Å²) in [5, 5.41) is 11.1. The molecule has 1 aromatic rings. The summed E-state index contributed by atoms with van der Waals surface area (Å²) in [5.74, 6) is 4.46. The van der Waals surface area contributed by atoms with Gasteiger partial charge in [-0.3, -0.25) is 4.79 Å². The molecule has 6 rings (SSSR count). The van der Waals surface area contributed by atoms with Crippen molar-refractivity contribution in [3.05, 3.63) is 28.8 Å². The van der Waals surface area contributed by atoms with Crippen LogP contribution in [0.4, 0.5) is 5.69 Å². The SMILES string of the molecule is CC12CC[C@@H](O)CC1CCC1C2CCC2(C)C1CC[C@@H]2CCCC(=O)N1CCc2cc(Cl)ccc21. The maximum atomic E-state index is 13.1. The quantitative estimate of drug-likeness (QED) is 0.470. The van der Waals surface area contributed by atoms with E-state index in [1.165, 1.54) is 56.9 Å². The van der Waals surface area contributed by atoms with Crippen LogP contribution in [0, 0.1) is 40.4 Å². The van der Waals surface area contributed by atoms with Crippen LogP contribution in [0.2, 0.25) is 5.02 Å². The highest BCUT2D eigenvalue weighted by Gasteiger charge is 2.59. The molecule has 4 aliphatic carbocycles. The fourth-order valence-electron chi connectivity index (χ4n) is 10.1. The lowest BCUT2D eigenvalue weighted by Crippen LogP contribution is -2.53. The van der Waals surface area contributed by atoms with E-state index in [1.54, 1.807) is 0 Å². The number of aliphatic hydroxyl groups excluding tert-OH is 1. The number of benzene rings is 1. The smallest absolute Gasteiger partial charge is 0.226 e. The van der Waals surface area contributed by atoms with E-state index in [1.807, 2.05) is 23.1 Å². The molecule has 192 valence electrons. The molecule has 3 nitrogen and oxygen atoms in total. The van der Waals surface area contributed by atoms with E-state index >= 15 is 0 Å². The lowest BCUT2D eigenvalue weighted by atomic mass is 9.44. The number of carbonyl (C=O) groups is 1. The third kappa shape index (κ3) is 3.99. The van der Waals surface area contributed by atoms with Crippen LogP contribution < -0.4 is 4.90 Å². The summed E-state index contributed by atoms with van der Waals surface area (Å²) in [7, 11) is 0. The maximum absolute atomic E-state index is 13.1. The summed E-state index contributed by atoms with van der Waals surface area (Å²) >= 11 is 6.15. The minimum Gasteiger partial charge on any atom is -0.393 e. The van der Waals surface area contributed by atoms with Crippen LogP contribution in [0.5, 0.6) is 0 Å². The number of hydrogen-bond donors (Lipinski definition) is 1. The molecule has 1 aliphatic heterocycles. The average molecular weight is 498 g/mol. The minimum atomic E-state index is -0.0520. The Morgan fingerprint density at radius 1 is 1.06 bits per heavy atom. The summed E-state index contributed by atoms with van der Waals surface area (Å²) in [6, 6.07) is 5.94. The first-order valence-electron chi connectivity index (χ1n) is 14.6. The molecule has 4 saturated carbocycles. The molecule has 1 heterocycles. The van der Waals surface area contributed by atoms with Crippen molar-refractivity contribution in [2.45, 2.75) is 103 Å². The van der Waals surface area contributed by atoms with E-state index in [0.29, 0.717) is 23.2 Å². The average Bonchev–Trinajstić information content (AvgIpc) is 3.40. The van der Waals surface area contributed by atoms with Crippen LogP contribution in [0.1, 0.15) is 96.5 Å². The predicted molar refractivity (Wildman–Crippen MR) is 143 cm³/mol. The zero-order valence-electron chi connectivity index (χ0n) is 21.8. The molecular formula is C31H44ClNO2. The van der Waals surface area contributed by atoms with E-state index in [2.05, 4.69) is 13.8 Å². The molecule has 5 aliphatic rings. The predicted octanol–water partition coefficient (Wildman–Crippen LogP) is 7.42. The van der Waals surface area contributed by atoms with Crippen molar-refractivity contribution in [2.75, 3.05) is 11.4 Å². The number of fused-ring (bicyclic) bond motifs is 6. The van der Waals surface area contributed by atoms with Gasteiger partial charge in [0, 0.05) is 23.7 Å². The van der Waals surface area contributed by atoms with Crippen molar-refractivity contribution in [1.82, 2.24) is 0 Å². The van der Waals surface area contributed by atoms with Gasteiger partial charge in [-0.1, -0.05) is 25.4 Å². The Morgan fingerprint density at radius 2 is 1.86 bits per heavy atom. The number of hydrogen-bond acceptors (Lipinski definition) is 2. The molecule has 8 atom stereocenters. The van der Waals surface area contributed by atoms with Gasteiger partial charge < -0.3 is 10.0 Å². The summed E-state index contributed by atoms with van der Waals surface area (Å²) in [6.45, 7) is 6.01. The molecule has 0 spiro atoms. The number of anilines is 1. The lowest BCUT2D eigenvalue weighted by molar-refractivity contribution is -0.127. The summed E-state index contributed by atoms with van der Waals surface area (Å²) in [4.78, 5) is 15.1. The Kier molecular flexibility index (Phi) is 6.28. The van der Waals surface area contributed by atoms with Gasteiger partial charge in [-0.2, -0.15) is 0 Å². The van der Waals surface area contributed by atoms with Gasteiger partial charge in [-0.25, -0.2) is 0 Å². The van der Waals surface area contributed by atoms with Crippen LogP contribution in [-0.2, 0) is 11.2 Å². The van der Waals surface area contributed by atoms with Gasteiger partial charge in [0.15, 0.2) is 0 Å². The van der Waals surface area contributed by atoms with Crippen molar-refractivity contribution in [3.8, 4) is 0 Å². The Hall–Kier alpha value is -1.06. The van der Waals surface area contributed by atoms with Crippen LogP contribution in [0.15, 0.2) is 18.2 Å². The van der Waals surface area contributed by atoms with Crippen molar-refractivity contribution in [3.63, 3.8) is 0 Å². The molecule has 0 radical (unpaired) electrons. The molecule has 0 saturated heterocycles. The summed E-state index contributed by atoms with van der Waals surface area (Å²) < 4.78 is 0. The van der Waals surface area contributed by atoms with E-state index < -0.39 is 0 Å². The van der Waals surface area contributed by atoms with E-state index in [0.717, 1.165) is 72.5 Å². The second kappa shape index (κ2) is 9.05. The van der Waals surface area contributed by atoms with E-state index in [-0.39, 0.29) is 6.10 Å². The molecular weight excluding hydrogens is 454 g/mol. The van der Waals surface area contributed by atoms with Gasteiger partial charge in [0.2, 0.25) is 5.91 Å². The van der Waals surface area contributed by atoms with Crippen LogP contribution >= 0.6 is 11.6 Å². The number of carbonyl (C=O) groups excluding carboxylic acids is 1. The summed E-state index contributed by atoms with van der Waals surface area (Å²) in [5.41, 5.74) is 3.22. The van der Waals surface area contributed by atoms with Gasteiger partial charge in [0.1, 0.15) is 0 Å². The van der Waals surface area contributed by atoms with Gasteiger partial charge in [0.05, 0.1) is 6.10 Å². The van der Waals surface area contributed by atoms with Gasteiger partial charge >= 0.3 is 0 Å². The molecule has 1 amide bonds.